The molecule has 1 aromatic carbocycles. The summed E-state index contributed by atoms with van der Waals surface area (Å²) < 4.78 is 0. The van der Waals surface area contributed by atoms with E-state index in [1.54, 1.807) is 11.1 Å². The summed E-state index contributed by atoms with van der Waals surface area (Å²) in [6.45, 7) is 0.685. The van der Waals surface area contributed by atoms with Crippen molar-refractivity contribution in [3.63, 3.8) is 0 Å². The largest absolute Gasteiger partial charge is 0.323 e. The Bertz CT molecular complexity index is 412. The van der Waals surface area contributed by atoms with Gasteiger partial charge in [0.1, 0.15) is 0 Å². The van der Waals surface area contributed by atoms with Crippen molar-refractivity contribution in [1.82, 2.24) is 0 Å². The summed E-state index contributed by atoms with van der Waals surface area (Å²) >= 11 is 0. The number of benzene rings is 1. The molecule has 5 heteroatoms. The number of hydrogen-bond donors (Lipinski definition) is 2. The fraction of sp³-hybridized carbons (Fsp3) is 0.273. The molecule has 1 atom stereocenters. The maximum Gasteiger partial charge on any atom is 0.243 e. The Balaban J connectivity index is 2.19. The van der Waals surface area contributed by atoms with Crippen molar-refractivity contribution in [2.45, 2.75) is 12.5 Å². The van der Waals surface area contributed by atoms with Crippen molar-refractivity contribution in [2.24, 2.45) is 16.7 Å². The Morgan fingerprint density at radius 2 is 2.06 bits per heavy atom. The lowest BCUT2D eigenvalue weighted by molar-refractivity contribution is -0.118. The van der Waals surface area contributed by atoms with Gasteiger partial charge < -0.3 is 16.5 Å². The van der Waals surface area contributed by atoms with Gasteiger partial charge in [-0.1, -0.05) is 12.1 Å². The number of nitrogens with two attached hydrogens (primary N) is 2. The van der Waals surface area contributed by atoms with Gasteiger partial charge in [-0.3, -0.25) is 4.79 Å². The maximum absolute atomic E-state index is 11.7. The van der Waals surface area contributed by atoms with Gasteiger partial charge in [0.25, 0.3) is 0 Å². The van der Waals surface area contributed by atoms with Crippen molar-refractivity contribution in [2.75, 3.05) is 11.4 Å². The zero-order valence-corrected chi connectivity index (χ0v) is 8.84. The van der Waals surface area contributed by atoms with Gasteiger partial charge in [0.2, 0.25) is 5.91 Å². The molecule has 1 unspecified atom stereocenters. The number of rotatable bonds is 2. The summed E-state index contributed by atoms with van der Waals surface area (Å²) in [6.07, 6.45) is 2.27. The number of anilines is 1. The van der Waals surface area contributed by atoms with Gasteiger partial charge >= 0.3 is 0 Å². The van der Waals surface area contributed by atoms with E-state index >= 15 is 0 Å². The predicted octanol–water partition coefficient (Wildman–Crippen LogP) is 0.0432. The highest BCUT2D eigenvalue weighted by Crippen LogP contribution is 2.20. The molecule has 0 spiro atoms. The van der Waals surface area contributed by atoms with Crippen LogP contribution in [0.15, 0.2) is 29.4 Å². The van der Waals surface area contributed by atoms with Crippen LogP contribution in [0.2, 0.25) is 0 Å². The van der Waals surface area contributed by atoms with Gasteiger partial charge in [-0.05, 0) is 24.1 Å². The van der Waals surface area contributed by atoms with E-state index in [-0.39, 0.29) is 11.9 Å². The van der Waals surface area contributed by atoms with E-state index in [2.05, 4.69) is 5.10 Å². The van der Waals surface area contributed by atoms with Gasteiger partial charge in [0.05, 0.1) is 12.3 Å². The molecule has 2 rings (SSSR count). The average molecular weight is 218 g/mol. The third-order valence-electron chi connectivity index (χ3n) is 2.68. The lowest BCUT2D eigenvalue weighted by atomic mass is 10.2. The Hall–Kier alpha value is -1.88. The molecule has 84 valence electrons. The Morgan fingerprint density at radius 3 is 2.56 bits per heavy atom. The zero-order valence-electron chi connectivity index (χ0n) is 8.84. The summed E-state index contributed by atoms with van der Waals surface area (Å²) in [4.78, 5) is 13.4. The molecule has 1 aliphatic heterocycles. The van der Waals surface area contributed by atoms with Crippen molar-refractivity contribution in [1.29, 1.82) is 0 Å². The minimum absolute atomic E-state index is 0.0137. The molecular weight excluding hydrogens is 204 g/mol. The number of carbonyl (C=O) groups excluding carboxylic acids is 1. The first-order valence-electron chi connectivity index (χ1n) is 5.12. The Kier molecular flexibility index (Phi) is 2.87. The summed E-state index contributed by atoms with van der Waals surface area (Å²) in [5.74, 6) is 5.04. The highest BCUT2D eigenvalue weighted by molar-refractivity contribution is 5.99. The molecule has 0 radical (unpaired) electrons. The van der Waals surface area contributed by atoms with Crippen LogP contribution >= 0.6 is 0 Å². The quantitative estimate of drug-likeness (QED) is 0.417. The minimum atomic E-state index is -0.356. The van der Waals surface area contributed by atoms with E-state index < -0.39 is 0 Å². The van der Waals surface area contributed by atoms with Crippen LogP contribution in [0.4, 0.5) is 5.69 Å². The third-order valence-corrected chi connectivity index (χ3v) is 2.68. The molecular formula is C11H14N4O. The summed E-state index contributed by atoms with van der Waals surface area (Å²) in [7, 11) is 0. The van der Waals surface area contributed by atoms with Crippen LogP contribution in [0, 0.1) is 0 Å². The topological polar surface area (TPSA) is 84.7 Å². The first-order valence-corrected chi connectivity index (χ1v) is 5.12. The molecule has 4 N–H and O–H groups in total. The number of carbonyl (C=O) groups is 1. The first-order chi connectivity index (χ1) is 7.72. The molecule has 1 aromatic rings. The summed E-state index contributed by atoms with van der Waals surface area (Å²) in [6, 6.07) is 7.11. The lowest BCUT2D eigenvalue weighted by Crippen LogP contribution is -2.33. The van der Waals surface area contributed by atoms with Crippen LogP contribution in [0.3, 0.4) is 0 Å². The highest BCUT2D eigenvalue weighted by atomic mass is 16.2. The third kappa shape index (κ3) is 1.90. The minimum Gasteiger partial charge on any atom is -0.323 e. The fourth-order valence-corrected chi connectivity index (χ4v) is 1.78. The molecule has 1 heterocycles. The number of amides is 1. The van der Waals surface area contributed by atoms with Gasteiger partial charge in [0, 0.05) is 12.2 Å². The van der Waals surface area contributed by atoms with Crippen molar-refractivity contribution < 1.29 is 4.79 Å². The van der Waals surface area contributed by atoms with E-state index in [0.717, 1.165) is 11.3 Å². The lowest BCUT2D eigenvalue weighted by Gasteiger charge is -2.15. The van der Waals surface area contributed by atoms with Gasteiger partial charge in [-0.2, -0.15) is 5.10 Å². The van der Waals surface area contributed by atoms with Gasteiger partial charge in [-0.15, -0.1) is 0 Å². The molecule has 0 saturated carbocycles. The second kappa shape index (κ2) is 4.32. The summed E-state index contributed by atoms with van der Waals surface area (Å²) in [5.41, 5.74) is 7.43. The number of hydrogen-bond acceptors (Lipinski definition) is 4. The normalized spacial score (nSPS) is 20.9. The fourth-order valence-electron chi connectivity index (χ4n) is 1.78. The zero-order chi connectivity index (χ0) is 11.5. The van der Waals surface area contributed by atoms with Crippen LogP contribution in [0.5, 0.6) is 0 Å². The molecule has 1 aliphatic rings. The van der Waals surface area contributed by atoms with Crippen LogP contribution < -0.4 is 16.5 Å². The highest BCUT2D eigenvalue weighted by Gasteiger charge is 2.29. The monoisotopic (exact) mass is 218 g/mol. The second-order valence-corrected chi connectivity index (χ2v) is 3.75. The number of hydrazone groups is 1. The van der Waals surface area contributed by atoms with Gasteiger partial charge in [-0.25, -0.2) is 0 Å². The molecule has 0 bridgehead atoms. The Morgan fingerprint density at radius 1 is 1.38 bits per heavy atom. The average Bonchev–Trinajstić information content (AvgIpc) is 2.62. The molecule has 1 fully saturated rings. The van der Waals surface area contributed by atoms with E-state index in [0.29, 0.717) is 13.0 Å². The standard InChI is InChI=1S/C11H14N4O/c12-10-5-6-15(11(10)16)9-3-1-8(2-4-9)7-14-13/h1-4,7,10H,5-6,12-13H2. The van der Waals surface area contributed by atoms with Crippen LogP contribution in [0.25, 0.3) is 0 Å². The SMILES string of the molecule is NN=Cc1ccc(N2CCC(N)C2=O)cc1. The molecule has 0 aromatic heterocycles. The van der Waals surface area contributed by atoms with E-state index in [1.165, 1.54) is 0 Å². The van der Waals surface area contributed by atoms with Gasteiger partial charge in [0.15, 0.2) is 0 Å². The van der Waals surface area contributed by atoms with Crippen LogP contribution in [-0.4, -0.2) is 24.7 Å². The molecule has 5 nitrogen and oxygen atoms in total. The molecule has 1 saturated heterocycles. The van der Waals surface area contributed by atoms with E-state index in [4.69, 9.17) is 11.6 Å². The van der Waals surface area contributed by atoms with Crippen molar-refractivity contribution in [3.8, 4) is 0 Å². The van der Waals surface area contributed by atoms with Crippen molar-refractivity contribution >= 4 is 17.8 Å². The number of nitrogens with zero attached hydrogens (tertiary/aromatic N) is 2. The van der Waals surface area contributed by atoms with E-state index in [9.17, 15) is 4.79 Å². The van der Waals surface area contributed by atoms with Crippen molar-refractivity contribution in [3.05, 3.63) is 29.8 Å². The molecule has 16 heavy (non-hydrogen) atoms. The second-order valence-electron chi connectivity index (χ2n) is 3.75. The van der Waals surface area contributed by atoms with Crippen LogP contribution in [-0.2, 0) is 4.79 Å². The first kappa shape index (κ1) is 10.6. The summed E-state index contributed by atoms with van der Waals surface area (Å²) in [5, 5.41) is 3.43. The molecule has 1 amide bonds. The Labute approximate surface area is 93.7 Å². The molecule has 0 aliphatic carbocycles. The smallest absolute Gasteiger partial charge is 0.243 e. The van der Waals surface area contributed by atoms with E-state index in [1.807, 2.05) is 24.3 Å². The maximum atomic E-state index is 11.7. The van der Waals surface area contributed by atoms with Crippen LogP contribution in [0.1, 0.15) is 12.0 Å². The predicted molar refractivity (Wildman–Crippen MR) is 63.2 cm³/mol.